The van der Waals surface area contributed by atoms with Crippen LogP contribution < -0.4 is 5.32 Å². The zero-order valence-electron chi connectivity index (χ0n) is 13.2. The average molecular weight is 308 g/mol. The Morgan fingerprint density at radius 3 is 2.48 bits per heavy atom. The van der Waals surface area contributed by atoms with E-state index in [4.69, 9.17) is 0 Å². The zero-order chi connectivity index (χ0) is 15.6. The second-order valence-corrected chi connectivity index (χ2v) is 6.81. The van der Waals surface area contributed by atoms with Gasteiger partial charge in [-0.15, -0.1) is 0 Å². The van der Waals surface area contributed by atoms with Crippen LogP contribution in [0, 0.1) is 5.92 Å². The Morgan fingerprint density at radius 1 is 1.33 bits per heavy atom. The highest BCUT2D eigenvalue weighted by atomic mass is 32.1. The minimum Gasteiger partial charge on any atom is -0.340 e. The average Bonchev–Trinajstić information content (AvgIpc) is 2.95. The summed E-state index contributed by atoms with van der Waals surface area (Å²) in [5.74, 6) is 0.125. The van der Waals surface area contributed by atoms with E-state index in [2.05, 4.69) is 5.32 Å². The molecule has 4 nitrogen and oxygen atoms in total. The van der Waals surface area contributed by atoms with Gasteiger partial charge in [0.05, 0.1) is 0 Å². The van der Waals surface area contributed by atoms with Crippen molar-refractivity contribution in [2.75, 3.05) is 0 Å². The Hall–Kier alpha value is -1.36. The van der Waals surface area contributed by atoms with Crippen molar-refractivity contribution in [2.45, 2.75) is 58.7 Å². The van der Waals surface area contributed by atoms with Gasteiger partial charge in [-0.05, 0) is 41.1 Å². The van der Waals surface area contributed by atoms with Gasteiger partial charge in [0.25, 0.3) is 0 Å². The molecule has 1 aromatic rings. The summed E-state index contributed by atoms with van der Waals surface area (Å²) < 4.78 is 0. The summed E-state index contributed by atoms with van der Waals surface area (Å²) in [4.78, 5) is 27.3. The number of piperazine rings is 1. The predicted molar refractivity (Wildman–Crippen MR) is 85.0 cm³/mol. The van der Waals surface area contributed by atoms with Crippen LogP contribution in [0.15, 0.2) is 16.8 Å². The van der Waals surface area contributed by atoms with Crippen LogP contribution in [-0.4, -0.2) is 28.3 Å². The van der Waals surface area contributed by atoms with Gasteiger partial charge in [-0.3, -0.25) is 9.59 Å². The highest BCUT2D eigenvalue weighted by Crippen LogP contribution is 2.29. The van der Waals surface area contributed by atoms with Gasteiger partial charge in [0.2, 0.25) is 11.8 Å². The summed E-state index contributed by atoms with van der Waals surface area (Å²) in [7, 11) is 0. The van der Waals surface area contributed by atoms with Crippen LogP contribution in [0.1, 0.15) is 46.1 Å². The Morgan fingerprint density at radius 2 is 2.00 bits per heavy atom. The van der Waals surface area contributed by atoms with Crippen LogP contribution >= 0.6 is 11.3 Å². The second-order valence-electron chi connectivity index (χ2n) is 6.03. The SMILES string of the molecule is CCC1(CC)NC(=O)C(C(C)C)N(Cc2ccsc2)C1=O. The number of nitrogens with one attached hydrogen (secondary N) is 1. The number of amides is 2. The van der Waals surface area contributed by atoms with E-state index in [1.54, 1.807) is 16.2 Å². The normalized spacial score (nSPS) is 21.8. The lowest BCUT2D eigenvalue weighted by atomic mass is 9.84. The predicted octanol–water partition coefficient (Wildman–Crippen LogP) is 2.79. The summed E-state index contributed by atoms with van der Waals surface area (Å²) in [6.07, 6.45) is 1.25. The molecule has 0 bridgehead atoms. The third-order valence-corrected chi connectivity index (χ3v) is 5.14. The number of carbonyl (C=O) groups is 2. The molecule has 1 aromatic heterocycles. The molecule has 1 N–H and O–H groups in total. The van der Waals surface area contributed by atoms with Gasteiger partial charge in [-0.25, -0.2) is 0 Å². The van der Waals surface area contributed by atoms with Crippen LogP contribution in [0.2, 0.25) is 0 Å². The molecule has 0 aliphatic carbocycles. The first-order valence-electron chi connectivity index (χ1n) is 7.59. The first-order valence-corrected chi connectivity index (χ1v) is 8.53. The number of thiophene rings is 1. The summed E-state index contributed by atoms with van der Waals surface area (Å²) in [6.45, 7) is 8.41. The molecule has 0 saturated carbocycles. The minimum atomic E-state index is -0.738. The molecule has 0 aromatic carbocycles. The molecular weight excluding hydrogens is 284 g/mol. The Balaban J connectivity index is 2.37. The maximum absolute atomic E-state index is 13.0. The molecule has 116 valence electrons. The van der Waals surface area contributed by atoms with Gasteiger partial charge in [0.1, 0.15) is 11.6 Å². The van der Waals surface area contributed by atoms with Gasteiger partial charge in [0.15, 0.2) is 0 Å². The van der Waals surface area contributed by atoms with Crippen LogP contribution in [0.3, 0.4) is 0 Å². The van der Waals surface area contributed by atoms with Crippen molar-refractivity contribution >= 4 is 23.2 Å². The van der Waals surface area contributed by atoms with Crippen molar-refractivity contribution in [3.05, 3.63) is 22.4 Å². The monoisotopic (exact) mass is 308 g/mol. The number of nitrogens with zero attached hydrogens (tertiary/aromatic N) is 1. The number of hydrogen-bond acceptors (Lipinski definition) is 3. The van der Waals surface area contributed by atoms with E-state index in [1.807, 2.05) is 44.5 Å². The Labute approximate surface area is 130 Å². The maximum atomic E-state index is 13.0. The molecule has 0 spiro atoms. The molecule has 2 heterocycles. The topological polar surface area (TPSA) is 49.4 Å². The fraction of sp³-hybridized carbons (Fsp3) is 0.625. The van der Waals surface area contributed by atoms with E-state index >= 15 is 0 Å². The lowest BCUT2D eigenvalue weighted by Crippen LogP contribution is -2.70. The quantitative estimate of drug-likeness (QED) is 0.909. The molecule has 1 saturated heterocycles. The van der Waals surface area contributed by atoms with Crippen molar-refractivity contribution in [3.8, 4) is 0 Å². The summed E-state index contributed by atoms with van der Waals surface area (Å²) in [6, 6.07) is 1.63. The highest BCUT2D eigenvalue weighted by Gasteiger charge is 2.49. The zero-order valence-corrected chi connectivity index (χ0v) is 14.0. The van der Waals surface area contributed by atoms with Gasteiger partial charge in [-0.1, -0.05) is 27.7 Å². The van der Waals surface area contributed by atoms with Crippen LogP contribution in [0.4, 0.5) is 0 Å². The van der Waals surface area contributed by atoms with Crippen LogP contribution in [-0.2, 0) is 16.1 Å². The van der Waals surface area contributed by atoms with E-state index < -0.39 is 5.54 Å². The molecule has 2 amide bonds. The molecule has 0 radical (unpaired) electrons. The number of carbonyl (C=O) groups excluding carboxylic acids is 2. The summed E-state index contributed by atoms with van der Waals surface area (Å²) in [5, 5.41) is 7.03. The van der Waals surface area contributed by atoms with Crippen molar-refractivity contribution in [1.29, 1.82) is 0 Å². The third kappa shape index (κ3) is 2.84. The van der Waals surface area contributed by atoms with Crippen LogP contribution in [0.5, 0.6) is 0 Å². The van der Waals surface area contributed by atoms with Gasteiger partial charge < -0.3 is 10.2 Å². The maximum Gasteiger partial charge on any atom is 0.249 e. The molecule has 5 heteroatoms. The molecule has 2 rings (SSSR count). The van der Waals surface area contributed by atoms with E-state index in [9.17, 15) is 9.59 Å². The lowest BCUT2D eigenvalue weighted by molar-refractivity contribution is -0.158. The molecule has 21 heavy (non-hydrogen) atoms. The Kier molecular flexibility index (Phi) is 4.71. The first-order chi connectivity index (χ1) is 9.95. The smallest absolute Gasteiger partial charge is 0.249 e. The molecule has 1 unspecified atom stereocenters. The lowest BCUT2D eigenvalue weighted by Gasteiger charge is -2.46. The van der Waals surface area contributed by atoms with E-state index in [1.165, 1.54) is 0 Å². The Bertz CT molecular complexity index is 506. The number of hydrogen-bond donors (Lipinski definition) is 1. The fourth-order valence-electron chi connectivity index (χ4n) is 3.05. The highest BCUT2D eigenvalue weighted by molar-refractivity contribution is 7.07. The second kappa shape index (κ2) is 6.18. The number of rotatable bonds is 5. The first kappa shape index (κ1) is 16.0. The summed E-state index contributed by atoms with van der Waals surface area (Å²) >= 11 is 1.61. The van der Waals surface area contributed by atoms with Gasteiger partial charge >= 0.3 is 0 Å². The molecule has 1 atom stereocenters. The molecule has 1 aliphatic heterocycles. The van der Waals surface area contributed by atoms with Gasteiger partial charge in [-0.2, -0.15) is 11.3 Å². The largest absolute Gasteiger partial charge is 0.340 e. The molecule has 1 aliphatic rings. The minimum absolute atomic E-state index is 0.0245. The van der Waals surface area contributed by atoms with E-state index in [-0.39, 0.29) is 23.8 Å². The molecule has 1 fully saturated rings. The van der Waals surface area contributed by atoms with E-state index in [0.29, 0.717) is 19.4 Å². The van der Waals surface area contributed by atoms with Crippen molar-refractivity contribution < 1.29 is 9.59 Å². The molecular formula is C16H24N2O2S. The van der Waals surface area contributed by atoms with Crippen LogP contribution in [0.25, 0.3) is 0 Å². The summed E-state index contributed by atoms with van der Waals surface area (Å²) in [5.41, 5.74) is 0.355. The fourth-order valence-corrected chi connectivity index (χ4v) is 3.71. The third-order valence-electron chi connectivity index (χ3n) is 4.41. The van der Waals surface area contributed by atoms with E-state index in [0.717, 1.165) is 5.56 Å². The van der Waals surface area contributed by atoms with Crippen molar-refractivity contribution in [2.24, 2.45) is 5.92 Å². The van der Waals surface area contributed by atoms with Crippen molar-refractivity contribution in [3.63, 3.8) is 0 Å². The van der Waals surface area contributed by atoms with Crippen molar-refractivity contribution in [1.82, 2.24) is 10.2 Å². The van der Waals surface area contributed by atoms with Gasteiger partial charge in [0, 0.05) is 6.54 Å². The standard InChI is InChI=1S/C16H24N2O2S/c1-5-16(6-2)15(20)18(9-12-7-8-21-10-12)13(11(3)4)14(19)17-16/h7-8,10-11,13H,5-6,9H2,1-4H3,(H,17,19).